The number of rotatable bonds is 3. The van der Waals surface area contributed by atoms with E-state index in [1.807, 2.05) is 0 Å². The average Bonchev–Trinajstić information content (AvgIpc) is 2.11. The second-order valence-corrected chi connectivity index (χ2v) is 9.02. The van der Waals surface area contributed by atoms with E-state index in [0.29, 0.717) is 18.6 Å². The third-order valence-electron chi connectivity index (χ3n) is 3.24. The molecule has 0 aromatic rings. The van der Waals surface area contributed by atoms with E-state index in [-0.39, 0.29) is 5.75 Å². The molecule has 1 saturated heterocycles. The second-order valence-electron chi connectivity index (χ2n) is 6.16. The number of sulfone groups is 1. The van der Waals surface area contributed by atoms with Gasteiger partial charge in [-0.05, 0) is 34.6 Å². The molecule has 17 heavy (non-hydrogen) atoms. The molecule has 2 atom stereocenters. The molecule has 1 aliphatic rings. The number of hydrogen-bond donors (Lipinski definition) is 1. The topological polar surface area (TPSA) is 49.4 Å². The molecule has 2 unspecified atom stereocenters. The quantitative estimate of drug-likeness (QED) is 0.820. The van der Waals surface area contributed by atoms with Crippen LogP contribution >= 0.6 is 0 Å². The van der Waals surface area contributed by atoms with Gasteiger partial charge in [-0.2, -0.15) is 0 Å². The summed E-state index contributed by atoms with van der Waals surface area (Å²) in [6, 6.07) is 0.882. The molecule has 1 fully saturated rings. The van der Waals surface area contributed by atoms with Crippen LogP contribution in [0.2, 0.25) is 0 Å². The summed E-state index contributed by atoms with van der Waals surface area (Å²) in [5.41, 5.74) is 0. The van der Waals surface area contributed by atoms with Crippen LogP contribution in [0.1, 0.15) is 34.6 Å². The Kier molecular flexibility index (Phi) is 4.60. The normalized spacial score (nSPS) is 28.3. The van der Waals surface area contributed by atoms with Gasteiger partial charge in [0, 0.05) is 31.7 Å². The Morgan fingerprint density at radius 1 is 1.18 bits per heavy atom. The molecule has 0 aromatic carbocycles. The van der Waals surface area contributed by atoms with Crippen LogP contribution in [-0.2, 0) is 9.84 Å². The zero-order valence-electron chi connectivity index (χ0n) is 11.7. The van der Waals surface area contributed by atoms with Crippen LogP contribution in [0.3, 0.4) is 0 Å². The van der Waals surface area contributed by atoms with Gasteiger partial charge < -0.3 is 5.32 Å². The first-order valence-electron chi connectivity index (χ1n) is 6.32. The molecule has 1 rings (SSSR count). The maximum Gasteiger partial charge on any atom is 0.156 e. The fourth-order valence-corrected chi connectivity index (χ4v) is 3.29. The Labute approximate surface area is 106 Å². The van der Waals surface area contributed by atoms with Crippen LogP contribution in [0, 0.1) is 0 Å². The van der Waals surface area contributed by atoms with Crippen molar-refractivity contribution in [3.8, 4) is 0 Å². The molecule has 1 aliphatic heterocycles. The monoisotopic (exact) mass is 262 g/mol. The fraction of sp³-hybridized carbons (Fsp3) is 1.00. The van der Waals surface area contributed by atoms with Gasteiger partial charge >= 0.3 is 0 Å². The van der Waals surface area contributed by atoms with Crippen molar-refractivity contribution in [3.05, 3.63) is 0 Å². The fourth-order valence-electron chi connectivity index (χ4n) is 2.18. The van der Waals surface area contributed by atoms with Crippen LogP contribution in [0.5, 0.6) is 0 Å². The van der Waals surface area contributed by atoms with E-state index in [0.717, 1.165) is 13.1 Å². The highest BCUT2D eigenvalue weighted by atomic mass is 32.2. The van der Waals surface area contributed by atoms with Crippen molar-refractivity contribution < 1.29 is 8.42 Å². The van der Waals surface area contributed by atoms with E-state index in [2.05, 4.69) is 24.1 Å². The molecular formula is C12H26N2O2S. The van der Waals surface area contributed by atoms with Crippen molar-refractivity contribution in [3.63, 3.8) is 0 Å². The largest absolute Gasteiger partial charge is 0.309 e. The van der Waals surface area contributed by atoms with Gasteiger partial charge in [0.2, 0.25) is 0 Å². The molecule has 0 spiro atoms. The summed E-state index contributed by atoms with van der Waals surface area (Å²) in [7, 11) is -2.99. The standard InChI is InChI=1S/C12H26N2O2S/c1-10-8-14(9-11(2)13-10)6-7-17(15,16)12(3,4)5/h10-11,13H,6-9H2,1-5H3. The molecule has 0 radical (unpaired) electrons. The average molecular weight is 262 g/mol. The maximum atomic E-state index is 12.0. The van der Waals surface area contributed by atoms with Gasteiger partial charge in [-0.15, -0.1) is 0 Å². The van der Waals surface area contributed by atoms with Gasteiger partial charge in [-0.1, -0.05) is 0 Å². The van der Waals surface area contributed by atoms with Crippen LogP contribution in [0.4, 0.5) is 0 Å². The zero-order valence-corrected chi connectivity index (χ0v) is 12.5. The Morgan fingerprint density at radius 3 is 2.06 bits per heavy atom. The van der Waals surface area contributed by atoms with Crippen LogP contribution in [0.25, 0.3) is 0 Å². The van der Waals surface area contributed by atoms with Crippen molar-refractivity contribution in [1.29, 1.82) is 0 Å². The first-order valence-corrected chi connectivity index (χ1v) is 7.98. The summed E-state index contributed by atoms with van der Waals surface area (Å²) in [5, 5.41) is 3.45. The summed E-state index contributed by atoms with van der Waals surface area (Å²) in [5.74, 6) is 0.260. The molecule has 0 aliphatic carbocycles. The van der Waals surface area contributed by atoms with Gasteiger partial charge in [-0.25, -0.2) is 8.42 Å². The summed E-state index contributed by atoms with van der Waals surface area (Å²) in [4.78, 5) is 2.25. The minimum Gasteiger partial charge on any atom is -0.309 e. The third kappa shape index (κ3) is 4.23. The van der Waals surface area contributed by atoms with Gasteiger partial charge in [0.25, 0.3) is 0 Å². The first-order chi connectivity index (χ1) is 7.62. The molecule has 0 amide bonds. The van der Waals surface area contributed by atoms with Crippen LogP contribution in [-0.4, -0.2) is 55.5 Å². The lowest BCUT2D eigenvalue weighted by molar-refractivity contribution is 0.182. The molecule has 0 saturated carbocycles. The molecule has 1 heterocycles. The molecule has 102 valence electrons. The number of piperazine rings is 1. The minimum atomic E-state index is -2.99. The van der Waals surface area contributed by atoms with Gasteiger partial charge in [0.05, 0.1) is 10.5 Å². The minimum absolute atomic E-state index is 0.260. The Hall–Kier alpha value is -0.130. The predicted molar refractivity (Wildman–Crippen MR) is 72.0 cm³/mol. The number of nitrogens with one attached hydrogen (secondary N) is 1. The molecule has 5 heteroatoms. The van der Waals surface area contributed by atoms with E-state index in [4.69, 9.17) is 0 Å². The zero-order chi connectivity index (χ0) is 13.3. The molecule has 4 nitrogen and oxygen atoms in total. The smallest absolute Gasteiger partial charge is 0.156 e. The van der Waals surface area contributed by atoms with E-state index >= 15 is 0 Å². The first kappa shape index (κ1) is 14.9. The van der Waals surface area contributed by atoms with E-state index in [1.54, 1.807) is 20.8 Å². The summed E-state index contributed by atoms with van der Waals surface area (Å²) in [6.45, 7) is 12.1. The molecule has 0 aromatic heterocycles. The Bertz CT molecular complexity index is 336. The van der Waals surface area contributed by atoms with Crippen molar-refractivity contribution >= 4 is 9.84 Å². The van der Waals surface area contributed by atoms with Gasteiger partial charge in [0.15, 0.2) is 9.84 Å². The van der Waals surface area contributed by atoms with Crippen molar-refractivity contribution in [2.45, 2.75) is 51.4 Å². The third-order valence-corrected chi connectivity index (χ3v) is 5.83. The van der Waals surface area contributed by atoms with Crippen molar-refractivity contribution in [1.82, 2.24) is 10.2 Å². The highest BCUT2D eigenvalue weighted by Gasteiger charge is 2.30. The highest BCUT2D eigenvalue weighted by molar-refractivity contribution is 7.92. The van der Waals surface area contributed by atoms with Crippen LogP contribution in [0.15, 0.2) is 0 Å². The van der Waals surface area contributed by atoms with E-state index < -0.39 is 14.6 Å². The van der Waals surface area contributed by atoms with Crippen molar-refractivity contribution in [2.75, 3.05) is 25.4 Å². The number of nitrogens with zero attached hydrogens (tertiary/aromatic N) is 1. The summed E-state index contributed by atoms with van der Waals surface area (Å²) >= 11 is 0. The van der Waals surface area contributed by atoms with E-state index in [9.17, 15) is 8.42 Å². The van der Waals surface area contributed by atoms with E-state index in [1.165, 1.54) is 0 Å². The van der Waals surface area contributed by atoms with Crippen LogP contribution < -0.4 is 5.32 Å². The molecular weight excluding hydrogens is 236 g/mol. The SMILES string of the molecule is CC1CN(CCS(=O)(=O)C(C)(C)C)CC(C)N1. The second kappa shape index (κ2) is 5.24. The lowest BCUT2D eigenvalue weighted by Crippen LogP contribution is -2.55. The lowest BCUT2D eigenvalue weighted by atomic mass is 10.1. The summed E-state index contributed by atoms with van der Waals surface area (Å²) < 4.78 is 23.4. The lowest BCUT2D eigenvalue weighted by Gasteiger charge is -2.36. The Balaban J connectivity index is 2.51. The van der Waals surface area contributed by atoms with Gasteiger partial charge in [-0.3, -0.25) is 4.90 Å². The predicted octanol–water partition coefficient (Wildman–Crippen LogP) is 0.882. The van der Waals surface area contributed by atoms with Gasteiger partial charge in [0.1, 0.15) is 0 Å². The molecule has 1 N–H and O–H groups in total. The Morgan fingerprint density at radius 2 is 1.65 bits per heavy atom. The van der Waals surface area contributed by atoms with Crippen molar-refractivity contribution in [2.24, 2.45) is 0 Å². The number of hydrogen-bond acceptors (Lipinski definition) is 4. The summed E-state index contributed by atoms with van der Waals surface area (Å²) in [6.07, 6.45) is 0. The highest BCUT2D eigenvalue weighted by Crippen LogP contribution is 2.16. The molecule has 0 bridgehead atoms. The maximum absolute atomic E-state index is 12.0.